The van der Waals surface area contributed by atoms with E-state index in [0.717, 1.165) is 33.2 Å². The second-order valence-corrected chi connectivity index (χ2v) is 9.53. The highest BCUT2D eigenvalue weighted by atomic mass is 32.2. The van der Waals surface area contributed by atoms with Gasteiger partial charge in [-0.1, -0.05) is 77.7 Å². The molecule has 34 heavy (non-hydrogen) atoms. The normalized spacial score (nSPS) is 16.8. The number of hydrogen-bond acceptors (Lipinski definition) is 7. The molecule has 1 unspecified atom stereocenters. The van der Waals surface area contributed by atoms with E-state index in [2.05, 4.69) is 10.2 Å². The molecule has 0 saturated carbocycles. The summed E-state index contributed by atoms with van der Waals surface area (Å²) >= 11 is 2.91. The number of methoxy groups -OCH3 is 2. The molecule has 0 spiro atoms. The largest absolute Gasteiger partial charge is 0.497 e. The molecule has 1 aliphatic heterocycles. The highest BCUT2D eigenvalue weighted by Gasteiger charge is 2.40. The Morgan fingerprint density at radius 1 is 0.853 bits per heavy atom. The van der Waals surface area contributed by atoms with E-state index in [0.29, 0.717) is 10.0 Å². The highest BCUT2D eigenvalue weighted by molar-refractivity contribution is 8.05. The summed E-state index contributed by atoms with van der Waals surface area (Å²) in [6, 6.07) is 25.2. The summed E-state index contributed by atoms with van der Waals surface area (Å²) < 4.78 is 10.5. The third-order valence-electron chi connectivity index (χ3n) is 5.36. The van der Waals surface area contributed by atoms with Gasteiger partial charge in [-0.25, -0.2) is 0 Å². The van der Waals surface area contributed by atoms with E-state index in [1.807, 2.05) is 84.9 Å². The maximum atomic E-state index is 13.6. The molecule has 1 amide bonds. The maximum absolute atomic E-state index is 13.6. The van der Waals surface area contributed by atoms with Crippen LogP contribution in [-0.4, -0.2) is 30.3 Å². The molecule has 5 rings (SSSR count). The summed E-state index contributed by atoms with van der Waals surface area (Å²) in [6.07, 6.45) is 1.90. The van der Waals surface area contributed by atoms with E-state index in [4.69, 9.17) is 9.47 Å². The van der Waals surface area contributed by atoms with Gasteiger partial charge in [0.1, 0.15) is 21.9 Å². The standard InChI is InChI=1S/C26H21N3O3S2/c1-31-20-12-8-17(9-13-20)16-22-24(30)29(25(33-22)19-10-14-21(32-2)15-11-19)26-28-27-23(34-26)18-6-4-3-5-7-18/h3-16,25H,1-2H3/b22-16-. The lowest BCUT2D eigenvalue weighted by atomic mass is 10.2. The van der Waals surface area contributed by atoms with Crippen LogP contribution in [0.4, 0.5) is 5.13 Å². The zero-order chi connectivity index (χ0) is 23.5. The van der Waals surface area contributed by atoms with Gasteiger partial charge in [0, 0.05) is 5.56 Å². The first-order valence-corrected chi connectivity index (χ1v) is 12.2. The number of ether oxygens (including phenoxy) is 2. The molecule has 6 nitrogen and oxygen atoms in total. The van der Waals surface area contributed by atoms with E-state index in [-0.39, 0.29) is 11.3 Å². The Hall–Kier alpha value is -3.62. The lowest BCUT2D eigenvalue weighted by Gasteiger charge is -2.20. The predicted octanol–water partition coefficient (Wildman–Crippen LogP) is 6.04. The van der Waals surface area contributed by atoms with Gasteiger partial charge in [0.05, 0.1) is 19.1 Å². The Kier molecular flexibility index (Phi) is 6.33. The average Bonchev–Trinajstić information content (AvgIpc) is 3.50. The summed E-state index contributed by atoms with van der Waals surface area (Å²) in [4.78, 5) is 16.0. The minimum absolute atomic E-state index is 0.0996. The van der Waals surface area contributed by atoms with Crippen molar-refractivity contribution in [2.24, 2.45) is 0 Å². The van der Waals surface area contributed by atoms with Gasteiger partial charge in [-0.2, -0.15) is 0 Å². The first-order chi connectivity index (χ1) is 16.7. The first kappa shape index (κ1) is 22.2. The molecule has 0 aliphatic carbocycles. The zero-order valence-electron chi connectivity index (χ0n) is 18.5. The number of nitrogens with zero attached hydrogens (tertiary/aromatic N) is 3. The van der Waals surface area contributed by atoms with Gasteiger partial charge in [-0.05, 0) is 41.5 Å². The van der Waals surface area contributed by atoms with E-state index in [1.165, 1.54) is 23.1 Å². The van der Waals surface area contributed by atoms with Crippen LogP contribution < -0.4 is 14.4 Å². The Labute approximate surface area is 205 Å². The average molecular weight is 488 g/mol. The Morgan fingerprint density at radius 2 is 1.50 bits per heavy atom. The van der Waals surface area contributed by atoms with Gasteiger partial charge < -0.3 is 9.47 Å². The molecule has 0 N–H and O–H groups in total. The van der Waals surface area contributed by atoms with Gasteiger partial charge in [0.15, 0.2) is 0 Å². The van der Waals surface area contributed by atoms with Gasteiger partial charge >= 0.3 is 0 Å². The van der Waals surface area contributed by atoms with Crippen LogP contribution in [0, 0.1) is 0 Å². The first-order valence-electron chi connectivity index (χ1n) is 10.5. The smallest absolute Gasteiger partial charge is 0.267 e. The lowest BCUT2D eigenvalue weighted by Crippen LogP contribution is -2.27. The summed E-state index contributed by atoms with van der Waals surface area (Å²) in [5, 5.41) is 9.82. The molecular formula is C26H21N3O3S2. The molecule has 4 aromatic rings. The van der Waals surface area contributed by atoms with Crippen LogP contribution in [-0.2, 0) is 4.79 Å². The SMILES string of the molecule is COc1ccc(/C=C2\SC(c3ccc(OC)cc3)N(c3nnc(-c4ccccc4)s3)C2=O)cc1. The number of benzene rings is 3. The molecule has 1 atom stereocenters. The van der Waals surface area contributed by atoms with E-state index < -0.39 is 0 Å². The number of thioether (sulfide) groups is 1. The number of aromatic nitrogens is 2. The minimum Gasteiger partial charge on any atom is -0.497 e. The summed E-state index contributed by atoms with van der Waals surface area (Å²) in [5.41, 5.74) is 2.88. The van der Waals surface area contributed by atoms with Gasteiger partial charge in [-0.3, -0.25) is 9.69 Å². The third kappa shape index (κ3) is 4.42. The van der Waals surface area contributed by atoms with Crippen molar-refractivity contribution >= 4 is 40.2 Å². The second-order valence-electron chi connectivity index (χ2n) is 7.46. The molecule has 170 valence electrons. The van der Waals surface area contributed by atoms with Crippen molar-refractivity contribution in [1.82, 2.24) is 10.2 Å². The van der Waals surface area contributed by atoms with Crippen LogP contribution >= 0.6 is 23.1 Å². The minimum atomic E-state index is -0.264. The zero-order valence-corrected chi connectivity index (χ0v) is 20.2. The van der Waals surface area contributed by atoms with Crippen LogP contribution in [0.2, 0.25) is 0 Å². The molecule has 8 heteroatoms. The van der Waals surface area contributed by atoms with Gasteiger partial charge in [0.2, 0.25) is 5.13 Å². The van der Waals surface area contributed by atoms with Gasteiger partial charge in [-0.15, -0.1) is 10.2 Å². The number of rotatable bonds is 6. The number of carbonyl (C=O) groups is 1. The van der Waals surface area contributed by atoms with Crippen LogP contribution in [0.1, 0.15) is 16.5 Å². The highest BCUT2D eigenvalue weighted by Crippen LogP contribution is 2.49. The second kappa shape index (κ2) is 9.70. The van der Waals surface area contributed by atoms with Crippen LogP contribution in [0.5, 0.6) is 11.5 Å². The molecule has 2 heterocycles. The van der Waals surface area contributed by atoms with Crippen molar-refractivity contribution in [2.45, 2.75) is 5.37 Å². The Morgan fingerprint density at radius 3 is 2.15 bits per heavy atom. The van der Waals surface area contributed by atoms with Crippen LogP contribution in [0.3, 0.4) is 0 Å². The molecule has 1 aromatic heterocycles. The van der Waals surface area contributed by atoms with E-state index in [9.17, 15) is 4.79 Å². The van der Waals surface area contributed by atoms with E-state index in [1.54, 1.807) is 19.1 Å². The van der Waals surface area contributed by atoms with Crippen molar-refractivity contribution in [2.75, 3.05) is 19.1 Å². The van der Waals surface area contributed by atoms with Crippen molar-refractivity contribution in [3.8, 4) is 22.1 Å². The number of hydrogen-bond donors (Lipinski definition) is 0. The Balaban J connectivity index is 1.52. The molecule has 1 fully saturated rings. The molecule has 0 radical (unpaired) electrons. The quantitative estimate of drug-likeness (QED) is 0.309. The Bertz CT molecular complexity index is 1320. The van der Waals surface area contributed by atoms with Crippen molar-refractivity contribution in [3.63, 3.8) is 0 Å². The third-order valence-corrected chi connectivity index (χ3v) is 7.58. The lowest BCUT2D eigenvalue weighted by molar-refractivity contribution is -0.114. The summed E-state index contributed by atoms with van der Waals surface area (Å²) in [7, 11) is 3.27. The maximum Gasteiger partial charge on any atom is 0.267 e. The molecule has 3 aromatic carbocycles. The topological polar surface area (TPSA) is 64.6 Å². The molecular weight excluding hydrogens is 466 g/mol. The fourth-order valence-corrected chi connectivity index (χ4v) is 5.76. The summed E-state index contributed by atoms with van der Waals surface area (Å²) in [5.74, 6) is 1.44. The molecule has 1 saturated heterocycles. The van der Waals surface area contributed by atoms with Crippen LogP contribution in [0.25, 0.3) is 16.6 Å². The van der Waals surface area contributed by atoms with Crippen molar-refractivity contribution < 1.29 is 14.3 Å². The molecule has 1 aliphatic rings. The van der Waals surface area contributed by atoms with Crippen molar-refractivity contribution in [1.29, 1.82) is 0 Å². The van der Waals surface area contributed by atoms with Gasteiger partial charge in [0.25, 0.3) is 5.91 Å². The van der Waals surface area contributed by atoms with Crippen molar-refractivity contribution in [3.05, 3.63) is 94.9 Å². The predicted molar refractivity (Wildman–Crippen MR) is 137 cm³/mol. The number of carbonyl (C=O) groups excluding carboxylic acids is 1. The molecule has 0 bridgehead atoms. The number of amides is 1. The fraction of sp³-hybridized carbons (Fsp3) is 0.115. The monoisotopic (exact) mass is 487 g/mol. The van der Waals surface area contributed by atoms with Crippen LogP contribution in [0.15, 0.2) is 83.8 Å². The fourth-order valence-electron chi connectivity index (χ4n) is 3.58. The summed E-state index contributed by atoms with van der Waals surface area (Å²) in [6.45, 7) is 0. The number of anilines is 1. The van der Waals surface area contributed by atoms with E-state index >= 15 is 0 Å².